The van der Waals surface area contributed by atoms with E-state index in [9.17, 15) is 0 Å². The zero-order valence-electron chi connectivity index (χ0n) is 10.5. The standard InChI is InChI=1S/C14H17N3S/c1-10-4-6-16-14(13(10)15)17(12-2-3-12)8-11-5-7-18-9-11/h4-7,9,12H,2-3,8,15H2,1H3. The van der Waals surface area contributed by atoms with Crippen LogP contribution in [-0.2, 0) is 6.54 Å². The van der Waals surface area contributed by atoms with Gasteiger partial charge in [-0.1, -0.05) is 0 Å². The van der Waals surface area contributed by atoms with Gasteiger partial charge >= 0.3 is 0 Å². The smallest absolute Gasteiger partial charge is 0.152 e. The molecule has 0 aliphatic heterocycles. The van der Waals surface area contributed by atoms with Crippen molar-refractivity contribution >= 4 is 22.8 Å². The Morgan fingerprint density at radius 3 is 2.94 bits per heavy atom. The molecular weight excluding hydrogens is 242 g/mol. The largest absolute Gasteiger partial charge is 0.396 e. The highest BCUT2D eigenvalue weighted by atomic mass is 32.1. The van der Waals surface area contributed by atoms with Crippen LogP contribution in [0.1, 0.15) is 24.0 Å². The van der Waals surface area contributed by atoms with Gasteiger partial charge in [-0.2, -0.15) is 11.3 Å². The van der Waals surface area contributed by atoms with Crippen LogP contribution in [0.15, 0.2) is 29.1 Å². The summed E-state index contributed by atoms with van der Waals surface area (Å²) in [4.78, 5) is 6.84. The molecule has 3 rings (SSSR count). The van der Waals surface area contributed by atoms with E-state index in [4.69, 9.17) is 5.73 Å². The summed E-state index contributed by atoms with van der Waals surface area (Å²) in [5, 5.41) is 4.31. The summed E-state index contributed by atoms with van der Waals surface area (Å²) >= 11 is 1.74. The number of nitrogen functional groups attached to an aromatic ring is 1. The number of aryl methyl sites for hydroxylation is 1. The van der Waals surface area contributed by atoms with Crippen molar-refractivity contribution in [1.82, 2.24) is 4.98 Å². The molecule has 0 amide bonds. The van der Waals surface area contributed by atoms with Crippen molar-refractivity contribution in [2.45, 2.75) is 32.4 Å². The molecule has 2 aromatic rings. The lowest BCUT2D eigenvalue weighted by Gasteiger charge is -2.25. The lowest BCUT2D eigenvalue weighted by atomic mass is 10.2. The number of nitrogens with zero attached hydrogens (tertiary/aromatic N) is 2. The molecule has 4 heteroatoms. The Morgan fingerprint density at radius 1 is 1.44 bits per heavy atom. The van der Waals surface area contributed by atoms with Crippen molar-refractivity contribution in [3.8, 4) is 0 Å². The monoisotopic (exact) mass is 259 g/mol. The van der Waals surface area contributed by atoms with Crippen LogP contribution in [0.25, 0.3) is 0 Å². The molecule has 94 valence electrons. The quantitative estimate of drug-likeness (QED) is 0.916. The number of hydrogen-bond acceptors (Lipinski definition) is 4. The molecule has 0 bridgehead atoms. The Morgan fingerprint density at radius 2 is 2.28 bits per heavy atom. The first-order valence-electron chi connectivity index (χ1n) is 6.24. The number of anilines is 2. The first-order valence-corrected chi connectivity index (χ1v) is 7.19. The van der Waals surface area contributed by atoms with Gasteiger partial charge < -0.3 is 10.6 Å². The van der Waals surface area contributed by atoms with Gasteiger partial charge in [-0.15, -0.1) is 0 Å². The molecule has 2 heterocycles. The fraction of sp³-hybridized carbons (Fsp3) is 0.357. The van der Waals surface area contributed by atoms with Gasteiger partial charge in [0.25, 0.3) is 0 Å². The molecule has 0 spiro atoms. The minimum atomic E-state index is 0.612. The third-order valence-corrected chi connectivity index (χ3v) is 4.11. The summed E-state index contributed by atoms with van der Waals surface area (Å²) < 4.78 is 0. The number of thiophene rings is 1. The van der Waals surface area contributed by atoms with E-state index in [0.717, 1.165) is 23.6 Å². The third-order valence-electron chi connectivity index (χ3n) is 3.38. The average Bonchev–Trinajstić information content (AvgIpc) is 3.08. The molecule has 18 heavy (non-hydrogen) atoms. The van der Waals surface area contributed by atoms with Crippen molar-refractivity contribution in [3.05, 3.63) is 40.2 Å². The summed E-state index contributed by atoms with van der Waals surface area (Å²) in [6.07, 6.45) is 4.35. The van der Waals surface area contributed by atoms with Crippen molar-refractivity contribution in [2.24, 2.45) is 0 Å². The SMILES string of the molecule is Cc1ccnc(N(Cc2ccsc2)C2CC2)c1N. The predicted molar refractivity (Wildman–Crippen MR) is 76.9 cm³/mol. The Hall–Kier alpha value is -1.55. The Kier molecular flexibility index (Phi) is 2.96. The van der Waals surface area contributed by atoms with E-state index in [1.165, 1.54) is 18.4 Å². The van der Waals surface area contributed by atoms with Gasteiger partial charge in [-0.3, -0.25) is 0 Å². The van der Waals surface area contributed by atoms with E-state index in [-0.39, 0.29) is 0 Å². The second-order valence-electron chi connectivity index (χ2n) is 4.86. The van der Waals surface area contributed by atoms with Crippen molar-refractivity contribution in [2.75, 3.05) is 10.6 Å². The van der Waals surface area contributed by atoms with E-state index in [2.05, 4.69) is 26.7 Å². The second-order valence-corrected chi connectivity index (χ2v) is 5.64. The van der Waals surface area contributed by atoms with Crippen molar-refractivity contribution < 1.29 is 0 Å². The number of rotatable bonds is 4. The third kappa shape index (κ3) is 2.20. The second kappa shape index (κ2) is 4.61. The molecule has 1 aliphatic carbocycles. The lowest BCUT2D eigenvalue weighted by Crippen LogP contribution is -2.27. The molecule has 0 unspecified atom stereocenters. The molecule has 0 radical (unpaired) electrons. The summed E-state index contributed by atoms with van der Waals surface area (Å²) in [6, 6.07) is 4.75. The summed E-state index contributed by atoms with van der Waals surface area (Å²) in [5.41, 5.74) is 9.45. The topological polar surface area (TPSA) is 42.2 Å². The highest BCUT2D eigenvalue weighted by Crippen LogP contribution is 2.35. The maximum atomic E-state index is 6.18. The number of aromatic nitrogens is 1. The Labute approximate surface area is 111 Å². The molecule has 0 aromatic carbocycles. The van der Waals surface area contributed by atoms with E-state index < -0.39 is 0 Å². The normalized spacial score (nSPS) is 14.7. The maximum Gasteiger partial charge on any atom is 0.152 e. The molecule has 1 aliphatic rings. The predicted octanol–water partition coefficient (Wildman–Crippen LogP) is 3.20. The van der Waals surface area contributed by atoms with E-state index in [0.29, 0.717) is 6.04 Å². The lowest BCUT2D eigenvalue weighted by molar-refractivity contribution is 0.781. The van der Waals surface area contributed by atoms with Gasteiger partial charge in [0.05, 0.1) is 5.69 Å². The van der Waals surface area contributed by atoms with Crippen LogP contribution in [0, 0.1) is 6.92 Å². The van der Waals surface area contributed by atoms with Crippen LogP contribution in [0.3, 0.4) is 0 Å². The molecule has 1 fully saturated rings. The number of nitrogens with two attached hydrogens (primary N) is 1. The Balaban J connectivity index is 1.91. The van der Waals surface area contributed by atoms with Crippen molar-refractivity contribution in [3.63, 3.8) is 0 Å². The van der Waals surface area contributed by atoms with Gasteiger partial charge in [-0.05, 0) is 53.8 Å². The minimum absolute atomic E-state index is 0.612. The highest BCUT2D eigenvalue weighted by molar-refractivity contribution is 7.07. The molecule has 0 atom stereocenters. The van der Waals surface area contributed by atoms with Gasteiger partial charge in [0.1, 0.15) is 0 Å². The summed E-state index contributed by atoms with van der Waals surface area (Å²) in [7, 11) is 0. The summed E-state index contributed by atoms with van der Waals surface area (Å²) in [5.74, 6) is 0.948. The van der Waals surface area contributed by atoms with Crippen molar-refractivity contribution in [1.29, 1.82) is 0 Å². The zero-order valence-corrected chi connectivity index (χ0v) is 11.3. The van der Waals surface area contributed by atoms with Gasteiger partial charge in [0.15, 0.2) is 5.82 Å². The zero-order chi connectivity index (χ0) is 12.5. The van der Waals surface area contributed by atoms with Crippen LogP contribution in [-0.4, -0.2) is 11.0 Å². The highest BCUT2D eigenvalue weighted by Gasteiger charge is 2.31. The van der Waals surface area contributed by atoms with E-state index >= 15 is 0 Å². The maximum absolute atomic E-state index is 6.18. The van der Waals surface area contributed by atoms with Crippen LogP contribution >= 0.6 is 11.3 Å². The van der Waals surface area contributed by atoms with Crippen LogP contribution in [0.2, 0.25) is 0 Å². The minimum Gasteiger partial charge on any atom is -0.396 e. The van der Waals surface area contributed by atoms with E-state index in [1.807, 2.05) is 19.2 Å². The van der Waals surface area contributed by atoms with Crippen LogP contribution < -0.4 is 10.6 Å². The average molecular weight is 259 g/mol. The number of hydrogen-bond donors (Lipinski definition) is 1. The molecule has 3 nitrogen and oxygen atoms in total. The van der Waals surface area contributed by atoms with Gasteiger partial charge in [-0.25, -0.2) is 4.98 Å². The number of pyridine rings is 1. The molecule has 2 N–H and O–H groups in total. The Bertz CT molecular complexity index is 532. The summed E-state index contributed by atoms with van der Waals surface area (Å²) in [6.45, 7) is 2.95. The fourth-order valence-electron chi connectivity index (χ4n) is 2.13. The van der Waals surface area contributed by atoms with E-state index in [1.54, 1.807) is 11.3 Å². The van der Waals surface area contributed by atoms with Gasteiger partial charge in [0, 0.05) is 18.8 Å². The molecule has 2 aromatic heterocycles. The molecule has 0 saturated heterocycles. The first kappa shape index (κ1) is 11.5. The van der Waals surface area contributed by atoms with Crippen LogP contribution in [0.4, 0.5) is 11.5 Å². The van der Waals surface area contributed by atoms with Crippen LogP contribution in [0.5, 0.6) is 0 Å². The van der Waals surface area contributed by atoms with Gasteiger partial charge in [0.2, 0.25) is 0 Å². The fourth-order valence-corrected chi connectivity index (χ4v) is 2.79. The molecule has 1 saturated carbocycles. The first-order chi connectivity index (χ1) is 8.75. The molecular formula is C14H17N3S.